The van der Waals surface area contributed by atoms with Crippen molar-refractivity contribution in [2.75, 3.05) is 24.6 Å². The third-order valence-electron chi connectivity index (χ3n) is 5.32. The van der Waals surface area contributed by atoms with Crippen LogP contribution in [0.25, 0.3) is 22.1 Å². The van der Waals surface area contributed by atoms with Crippen LogP contribution in [0.4, 0.5) is 13.2 Å². The van der Waals surface area contributed by atoms with E-state index in [1.807, 2.05) is 15.8 Å². The van der Waals surface area contributed by atoms with Crippen LogP contribution in [0.1, 0.15) is 31.7 Å². The Morgan fingerprint density at radius 2 is 2.07 bits per heavy atom. The Balaban J connectivity index is 1.56. The number of hydrogen-bond acceptors (Lipinski definition) is 6. The largest absolute Gasteiger partial charge is 0.511 e. The number of aromatic amines is 1. The maximum absolute atomic E-state index is 12.5. The van der Waals surface area contributed by atoms with Crippen molar-refractivity contribution in [3.05, 3.63) is 24.3 Å². The van der Waals surface area contributed by atoms with Gasteiger partial charge in [0.05, 0.1) is 6.20 Å². The van der Waals surface area contributed by atoms with E-state index in [1.165, 1.54) is 0 Å². The maximum Gasteiger partial charge on any atom is 0.511 e. The molecule has 0 unspecified atom stereocenters. The first-order valence-corrected chi connectivity index (χ1v) is 10.9. The van der Waals surface area contributed by atoms with E-state index in [4.69, 9.17) is 0 Å². The van der Waals surface area contributed by atoms with Gasteiger partial charge in [0.15, 0.2) is 5.82 Å². The second kappa shape index (κ2) is 7.39. The van der Waals surface area contributed by atoms with Crippen LogP contribution in [-0.2, 0) is 10.0 Å². The van der Waals surface area contributed by atoms with Gasteiger partial charge in [0.25, 0.3) is 0 Å². The molecule has 1 aliphatic heterocycles. The lowest BCUT2D eigenvalue weighted by atomic mass is 9.98. The first-order chi connectivity index (χ1) is 14.1. The van der Waals surface area contributed by atoms with Crippen molar-refractivity contribution in [3.8, 4) is 0 Å². The SMILES string of the molecule is C[C@@H](O)c1nc2cnc3[nH]ccc3c2n1N1CCC(CNS(=O)(=O)C(F)(F)F)CC1. The van der Waals surface area contributed by atoms with Crippen LogP contribution >= 0.6 is 0 Å². The Bertz CT molecular complexity index is 1160. The van der Waals surface area contributed by atoms with Crippen LogP contribution in [-0.4, -0.2) is 58.3 Å². The van der Waals surface area contributed by atoms with E-state index in [0.717, 1.165) is 10.9 Å². The standard InChI is InChI=1S/C17H21F3N6O3S/c1-10(27)16-24-13-9-22-15-12(2-5-21-15)14(13)26(16)25-6-3-11(4-7-25)8-23-30(28,29)17(18,19)20/h2,5,9-11,23,27H,3-4,6-8H2,1H3,(H,21,22)/t10-/m1/s1. The van der Waals surface area contributed by atoms with Gasteiger partial charge in [-0.15, -0.1) is 0 Å². The molecule has 4 heterocycles. The third kappa shape index (κ3) is 3.61. The molecule has 0 amide bonds. The average Bonchev–Trinajstić information content (AvgIpc) is 3.30. The Labute approximate surface area is 169 Å². The van der Waals surface area contributed by atoms with Crippen molar-refractivity contribution in [1.29, 1.82) is 0 Å². The van der Waals surface area contributed by atoms with Crippen molar-refractivity contribution in [1.82, 2.24) is 24.4 Å². The number of imidazole rings is 1. The van der Waals surface area contributed by atoms with E-state index in [2.05, 4.69) is 15.0 Å². The highest BCUT2D eigenvalue weighted by atomic mass is 32.2. The summed E-state index contributed by atoms with van der Waals surface area (Å²) in [6, 6.07) is 1.87. The minimum atomic E-state index is -5.34. The minimum absolute atomic E-state index is 0.225. The van der Waals surface area contributed by atoms with Crippen LogP contribution in [0.5, 0.6) is 0 Å². The molecule has 1 saturated heterocycles. The first-order valence-electron chi connectivity index (χ1n) is 9.42. The molecular weight excluding hydrogens is 425 g/mol. The number of aliphatic hydroxyl groups excluding tert-OH is 1. The number of sulfonamides is 1. The summed E-state index contributed by atoms with van der Waals surface area (Å²) in [5.41, 5.74) is -3.23. The fourth-order valence-corrected chi connectivity index (χ4v) is 4.38. The summed E-state index contributed by atoms with van der Waals surface area (Å²) in [6.45, 7) is 2.28. The maximum atomic E-state index is 12.5. The molecule has 0 spiro atoms. The highest BCUT2D eigenvalue weighted by molar-refractivity contribution is 7.90. The molecule has 0 aliphatic carbocycles. The van der Waals surface area contributed by atoms with E-state index in [-0.39, 0.29) is 12.5 Å². The summed E-state index contributed by atoms with van der Waals surface area (Å²) in [4.78, 5) is 11.9. The molecule has 1 fully saturated rings. The Morgan fingerprint density at radius 3 is 2.70 bits per heavy atom. The average molecular weight is 446 g/mol. The molecular formula is C17H21F3N6O3S. The third-order valence-corrected chi connectivity index (χ3v) is 6.47. The van der Waals surface area contributed by atoms with Gasteiger partial charge in [-0.1, -0.05) is 0 Å². The molecule has 0 saturated carbocycles. The fourth-order valence-electron chi connectivity index (χ4n) is 3.76. The Hall–Kier alpha value is -2.38. The molecule has 13 heteroatoms. The zero-order chi connectivity index (χ0) is 21.7. The molecule has 3 N–H and O–H groups in total. The molecule has 0 radical (unpaired) electrons. The van der Waals surface area contributed by atoms with Crippen LogP contribution < -0.4 is 9.73 Å². The zero-order valence-corrected chi connectivity index (χ0v) is 16.8. The minimum Gasteiger partial charge on any atom is -0.385 e. The number of hydrogen-bond donors (Lipinski definition) is 3. The van der Waals surface area contributed by atoms with Crippen LogP contribution in [0.15, 0.2) is 18.5 Å². The number of piperidine rings is 1. The number of rotatable bonds is 5. The summed E-state index contributed by atoms with van der Waals surface area (Å²) in [7, 11) is -5.34. The first kappa shape index (κ1) is 20.9. The number of pyridine rings is 1. The van der Waals surface area contributed by atoms with Gasteiger partial charge in [-0.3, -0.25) is 0 Å². The molecule has 30 heavy (non-hydrogen) atoms. The van der Waals surface area contributed by atoms with Gasteiger partial charge in [0.2, 0.25) is 0 Å². The van der Waals surface area contributed by atoms with E-state index >= 15 is 0 Å². The normalized spacial score (nSPS) is 17.8. The molecule has 164 valence electrons. The number of alkyl halides is 3. The number of halogens is 3. The molecule has 0 bridgehead atoms. The van der Waals surface area contributed by atoms with E-state index in [9.17, 15) is 26.7 Å². The molecule has 9 nitrogen and oxygen atoms in total. The Kier molecular flexibility index (Phi) is 5.14. The van der Waals surface area contributed by atoms with Gasteiger partial charge in [0, 0.05) is 31.2 Å². The zero-order valence-electron chi connectivity index (χ0n) is 16.0. The second-order valence-electron chi connectivity index (χ2n) is 7.38. The van der Waals surface area contributed by atoms with Gasteiger partial charge in [-0.25, -0.2) is 27.8 Å². The topological polar surface area (TPSA) is 116 Å². The van der Waals surface area contributed by atoms with E-state index < -0.39 is 21.6 Å². The van der Waals surface area contributed by atoms with Crippen molar-refractivity contribution < 1.29 is 26.7 Å². The quantitative estimate of drug-likeness (QED) is 0.550. The summed E-state index contributed by atoms with van der Waals surface area (Å²) in [6.07, 6.45) is 3.51. The monoisotopic (exact) mass is 446 g/mol. The lowest BCUT2D eigenvalue weighted by Crippen LogP contribution is -2.46. The van der Waals surface area contributed by atoms with Gasteiger partial charge in [0.1, 0.15) is 22.8 Å². The van der Waals surface area contributed by atoms with Crippen molar-refractivity contribution >= 4 is 32.1 Å². The molecule has 3 aromatic rings. The number of fused-ring (bicyclic) bond motifs is 3. The van der Waals surface area contributed by atoms with Crippen LogP contribution in [0, 0.1) is 5.92 Å². The summed E-state index contributed by atoms with van der Waals surface area (Å²) in [5, 5.41) is 13.1. The molecule has 1 aliphatic rings. The highest BCUT2D eigenvalue weighted by Gasteiger charge is 2.45. The predicted octanol–water partition coefficient (Wildman–Crippen LogP) is 1.75. The lowest BCUT2D eigenvalue weighted by Gasteiger charge is -2.35. The number of H-pyrrole nitrogens is 1. The highest BCUT2D eigenvalue weighted by Crippen LogP contribution is 2.29. The second-order valence-corrected chi connectivity index (χ2v) is 9.14. The summed E-state index contributed by atoms with van der Waals surface area (Å²) < 4.78 is 63.4. The van der Waals surface area contributed by atoms with Crippen LogP contribution in [0.2, 0.25) is 0 Å². The van der Waals surface area contributed by atoms with Crippen LogP contribution in [0.3, 0.4) is 0 Å². The Morgan fingerprint density at radius 1 is 1.37 bits per heavy atom. The lowest BCUT2D eigenvalue weighted by molar-refractivity contribution is -0.0448. The fraction of sp³-hybridized carbons (Fsp3) is 0.529. The summed E-state index contributed by atoms with van der Waals surface area (Å²) >= 11 is 0. The van der Waals surface area contributed by atoms with E-state index in [1.54, 1.807) is 24.0 Å². The number of nitrogens with zero attached hydrogens (tertiary/aromatic N) is 4. The van der Waals surface area contributed by atoms with Gasteiger partial charge >= 0.3 is 15.5 Å². The van der Waals surface area contributed by atoms with Crippen molar-refractivity contribution in [2.24, 2.45) is 5.92 Å². The molecule has 0 aromatic carbocycles. The molecule has 4 rings (SSSR count). The molecule has 1 atom stereocenters. The van der Waals surface area contributed by atoms with E-state index in [0.29, 0.717) is 42.9 Å². The number of nitrogens with one attached hydrogen (secondary N) is 2. The smallest absolute Gasteiger partial charge is 0.385 e. The van der Waals surface area contributed by atoms with Crippen molar-refractivity contribution in [2.45, 2.75) is 31.4 Å². The van der Waals surface area contributed by atoms with Crippen molar-refractivity contribution in [3.63, 3.8) is 0 Å². The predicted molar refractivity (Wildman–Crippen MR) is 104 cm³/mol. The van der Waals surface area contributed by atoms with Gasteiger partial charge < -0.3 is 15.1 Å². The number of aromatic nitrogens is 4. The molecule has 3 aromatic heterocycles. The summed E-state index contributed by atoms with van der Waals surface area (Å²) in [5.74, 6) is 0.217. The van der Waals surface area contributed by atoms with Gasteiger partial charge in [-0.2, -0.15) is 13.2 Å². The number of aliphatic hydroxyl groups is 1. The van der Waals surface area contributed by atoms with Gasteiger partial charge in [-0.05, 0) is 31.7 Å².